The Bertz CT molecular complexity index is 554. The molecule has 1 aromatic carbocycles. The van der Waals surface area contributed by atoms with Gasteiger partial charge in [-0.1, -0.05) is 0 Å². The Morgan fingerprint density at radius 1 is 1.50 bits per heavy atom. The largest absolute Gasteiger partial charge is 0.240 e. The highest BCUT2D eigenvalue weighted by Crippen LogP contribution is 2.25. The van der Waals surface area contributed by atoms with Crippen molar-refractivity contribution >= 4 is 11.3 Å². The average molecular weight is 232 g/mol. The Morgan fingerprint density at radius 2 is 2.31 bits per heavy atom. The maximum Gasteiger partial charge on any atom is 0.126 e. The molecule has 0 amide bonds. The minimum atomic E-state index is -0.211. The normalized spacial score (nSPS) is 10.1. The summed E-state index contributed by atoms with van der Waals surface area (Å²) in [7, 11) is 0. The molecular weight excluding hydrogens is 223 g/mol. The lowest BCUT2D eigenvalue weighted by Gasteiger charge is -1.99. The Hall–Kier alpha value is -1.73. The zero-order chi connectivity index (χ0) is 11.5. The molecule has 0 aliphatic heterocycles. The first kappa shape index (κ1) is 10.8. The third-order valence-corrected chi connectivity index (χ3v) is 3.16. The highest BCUT2D eigenvalue weighted by atomic mass is 32.1. The average Bonchev–Trinajstić information content (AvgIpc) is 2.71. The molecule has 0 atom stereocenters. The molecule has 0 unspecified atom stereocenters. The van der Waals surface area contributed by atoms with Gasteiger partial charge in [0, 0.05) is 10.9 Å². The van der Waals surface area contributed by atoms with Crippen LogP contribution in [-0.2, 0) is 6.42 Å². The zero-order valence-corrected chi connectivity index (χ0v) is 9.51. The molecule has 1 heterocycles. The van der Waals surface area contributed by atoms with Crippen LogP contribution in [0.15, 0.2) is 23.6 Å². The molecule has 16 heavy (non-hydrogen) atoms. The molecule has 0 aliphatic rings. The van der Waals surface area contributed by atoms with E-state index in [4.69, 9.17) is 5.26 Å². The van der Waals surface area contributed by atoms with Gasteiger partial charge < -0.3 is 0 Å². The molecule has 2 aromatic rings. The number of benzene rings is 1. The lowest BCUT2D eigenvalue weighted by Crippen LogP contribution is -1.85. The maximum absolute atomic E-state index is 13.1. The topological polar surface area (TPSA) is 36.7 Å². The van der Waals surface area contributed by atoms with Crippen LogP contribution < -0.4 is 0 Å². The summed E-state index contributed by atoms with van der Waals surface area (Å²) < 4.78 is 13.1. The molecule has 0 saturated carbocycles. The van der Waals surface area contributed by atoms with E-state index in [1.54, 1.807) is 19.1 Å². The summed E-state index contributed by atoms with van der Waals surface area (Å²) in [4.78, 5) is 4.31. The van der Waals surface area contributed by atoms with E-state index in [9.17, 15) is 4.39 Å². The fourth-order valence-corrected chi connectivity index (χ4v) is 2.20. The van der Waals surface area contributed by atoms with Gasteiger partial charge in [0.2, 0.25) is 0 Å². The Kier molecular flexibility index (Phi) is 2.97. The van der Waals surface area contributed by atoms with Crippen molar-refractivity contribution in [3.8, 4) is 16.6 Å². The van der Waals surface area contributed by atoms with Gasteiger partial charge in [-0.15, -0.1) is 11.3 Å². The van der Waals surface area contributed by atoms with Crippen LogP contribution in [-0.4, -0.2) is 4.98 Å². The first-order valence-corrected chi connectivity index (χ1v) is 5.66. The van der Waals surface area contributed by atoms with Crippen LogP contribution in [0.25, 0.3) is 10.6 Å². The molecule has 4 heteroatoms. The number of nitrogens with zero attached hydrogens (tertiary/aromatic N) is 2. The molecule has 0 fully saturated rings. The summed E-state index contributed by atoms with van der Waals surface area (Å²) in [6, 6.07) is 6.97. The van der Waals surface area contributed by atoms with Crippen LogP contribution in [0.4, 0.5) is 4.39 Å². The second kappa shape index (κ2) is 4.42. The number of hydrogen-bond donors (Lipinski definition) is 0. The van der Waals surface area contributed by atoms with E-state index < -0.39 is 0 Å². The highest BCUT2D eigenvalue weighted by Gasteiger charge is 2.06. The van der Waals surface area contributed by atoms with Crippen LogP contribution in [0.1, 0.15) is 11.3 Å². The van der Waals surface area contributed by atoms with E-state index in [0.717, 1.165) is 16.3 Å². The summed E-state index contributed by atoms with van der Waals surface area (Å²) in [6.45, 7) is 1.72. The van der Waals surface area contributed by atoms with Crippen molar-refractivity contribution in [1.29, 1.82) is 5.26 Å². The first-order valence-electron chi connectivity index (χ1n) is 4.78. The number of thiazole rings is 1. The first-order chi connectivity index (χ1) is 7.70. The SMILES string of the molecule is Cc1cc(-c2nc(CC#N)cs2)ccc1F. The van der Waals surface area contributed by atoms with Gasteiger partial charge in [-0.3, -0.25) is 0 Å². The molecule has 0 radical (unpaired) electrons. The third kappa shape index (κ3) is 2.10. The summed E-state index contributed by atoms with van der Waals surface area (Å²) in [5.41, 5.74) is 2.27. The van der Waals surface area contributed by atoms with Crippen molar-refractivity contribution in [3.05, 3.63) is 40.7 Å². The molecule has 2 rings (SSSR count). The van der Waals surface area contributed by atoms with Crippen molar-refractivity contribution in [3.63, 3.8) is 0 Å². The quantitative estimate of drug-likeness (QED) is 0.796. The molecule has 80 valence electrons. The Labute approximate surface area is 97.0 Å². The molecule has 0 saturated heterocycles. The molecule has 0 bridgehead atoms. The van der Waals surface area contributed by atoms with Crippen molar-refractivity contribution in [2.75, 3.05) is 0 Å². The standard InChI is InChI=1S/C12H9FN2S/c1-8-6-9(2-3-11(8)13)12-15-10(4-5-14)7-16-12/h2-3,6-7H,4H2,1H3. The predicted octanol–water partition coefficient (Wildman–Crippen LogP) is 3.32. The van der Waals surface area contributed by atoms with E-state index in [1.165, 1.54) is 17.4 Å². The van der Waals surface area contributed by atoms with E-state index in [2.05, 4.69) is 11.1 Å². The molecule has 0 aliphatic carbocycles. The van der Waals surface area contributed by atoms with Gasteiger partial charge in [0.25, 0.3) is 0 Å². The minimum Gasteiger partial charge on any atom is -0.240 e. The highest BCUT2D eigenvalue weighted by molar-refractivity contribution is 7.13. The van der Waals surface area contributed by atoms with E-state index >= 15 is 0 Å². The van der Waals surface area contributed by atoms with E-state index in [-0.39, 0.29) is 5.82 Å². The van der Waals surface area contributed by atoms with Crippen molar-refractivity contribution < 1.29 is 4.39 Å². The lowest BCUT2D eigenvalue weighted by molar-refractivity contribution is 0.619. The number of halogens is 1. The van der Waals surface area contributed by atoms with Gasteiger partial charge in [0.1, 0.15) is 10.8 Å². The molecular formula is C12H9FN2S. The van der Waals surface area contributed by atoms with Crippen LogP contribution in [0, 0.1) is 24.1 Å². The molecule has 2 nitrogen and oxygen atoms in total. The summed E-state index contributed by atoms with van der Waals surface area (Å²) >= 11 is 1.47. The number of rotatable bonds is 2. The van der Waals surface area contributed by atoms with Crippen LogP contribution in [0.5, 0.6) is 0 Å². The fraction of sp³-hybridized carbons (Fsp3) is 0.167. The number of hydrogen-bond acceptors (Lipinski definition) is 3. The van der Waals surface area contributed by atoms with E-state index in [0.29, 0.717) is 12.0 Å². The Morgan fingerprint density at radius 3 is 3.00 bits per heavy atom. The van der Waals surface area contributed by atoms with Gasteiger partial charge >= 0.3 is 0 Å². The summed E-state index contributed by atoms with van der Waals surface area (Å²) in [5, 5.41) is 11.2. The van der Waals surface area contributed by atoms with Crippen LogP contribution in [0.2, 0.25) is 0 Å². The van der Waals surface area contributed by atoms with Crippen LogP contribution >= 0.6 is 11.3 Å². The number of aryl methyl sites for hydroxylation is 1. The zero-order valence-electron chi connectivity index (χ0n) is 8.70. The van der Waals surface area contributed by atoms with Crippen molar-refractivity contribution in [1.82, 2.24) is 4.98 Å². The fourth-order valence-electron chi connectivity index (χ4n) is 1.38. The smallest absolute Gasteiger partial charge is 0.126 e. The van der Waals surface area contributed by atoms with Gasteiger partial charge in [-0.25, -0.2) is 9.37 Å². The molecule has 1 aromatic heterocycles. The van der Waals surface area contributed by atoms with Gasteiger partial charge in [-0.2, -0.15) is 5.26 Å². The number of aromatic nitrogens is 1. The van der Waals surface area contributed by atoms with Gasteiger partial charge in [0.15, 0.2) is 0 Å². The summed E-state index contributed by atoms with van der Waals surface area (Å²) in [6.07, 6.45) is 0.316. The third-order valence-electron chi connectivity index (χ3n) is 2.22. The lowest BCUT2D eigenvalue weighted by atomic mass is 10.1. The minimum absolute atomic E-state index is 0.211. The monoisotopic (exact) mass is 232 g/mol. The van der Waals surface area contributed by atoms with Crippen molar-refractivity contribution in [2.45, 2.75) is 13.3 Å². The van der Waals surface area contributed by atoms with E-state index in [1.807, 2.05) is 5.38 Å². The van der Waals surface area contributed by atoms with Gasteiger partial charge in [0.05, 0.1) is 18.2 Å². The summed E-state index contributed by atoms with van der Waals surface area (Å²) in [5.74, 6) is -0.211. The molecule has 0 spiro atoms. The second-order valence-electron chi connectivity index (χ2n) is 3.44. The number of nitriles is 1. The Balaban J connectivity index is 2.36. The maximum atomic E-state index is 13.1. The van der Waals surface area contributed by atoms with Gasteiger partial charge in [-0.05, 0) is 30.7 Å². The van der Waals surface area contributed by atoms with Crippen molar-refractivity contribution in [2.24, 2.45) is 0 Å². The molecule has 0 N–H and O–H groups in total. The second-order valence-corrected chi connectivity index (χ2v) is 4.30. The predicted molar refractivity (Wildman–Crippen MR) is 61.6 cm³/mol. The van der Waals surface area contributed by atoms with Crippen LogP contribution in [0.3, 0.4) is 0 Å².